The van der Waals surface area contributed by atoms with Crippen molar-refractivity contribution in [3.63, 3.8) is 0 Å². The molecule has 1 aromatic rings. The molecule has 0 aliphatic carbocycles. The third kappa shape index (κ3) is 7.35. The summed E-state index contributed by atoms with van der Waals surface area (Å²) in [4.78, 5) is 20.0. The molecule has 0 amide bonds. The van der Waals surface area contributed by atoms with Gasteiger partial charge in [0.05, 0.1) is 6.10 Å². The van der Waals surface area contributed by atoms with Crippen LogP contribution in [0.1, 0.15) is 26.7 Å². The number of nitrogens with zero attached hydrogens (tertiary/aromatic N) is 3. The van der Waals surface area contributed by atoms with Gasteiger partial charge in [0.2, 0.25) is 0 Å². The van der Waals surface area contributed by atoms with Crippen molar-refractivity contribution < 1.29 is 13.9 Å². The molecule has 6 nitrogen and oxygen atoms in total. The lowest BCUT2D eigenvalue weighted by Gasteiger charge is -2.36. The zero-order chi connectivity index (χ0) is 18.2. The minimum Gasteiger partial charge on any atom is -0.463 e. The molecule has 0 bridgehead atoms. The van der Waals surface area contributed by atoms with E-state index in [2.05, 4.69) is 9.89 Å². The SMILES string of the molecule is CC(C)OC(=O)CCCN=C(N)N1CCN(c2ccc(F)cc2)CC1.I. The fraction of sp³-hybridized carbons (Fsp3) is 0.556. The lowest BCUT2D eigenvalue weighted by atomic mass is 10.2. The Balaban J connectivity index is 0.00000338. The van der Waals surface area contributed by atoms with E-state index >= 15 is 0 Å². The Hall–Kier alpha value is -1.58. The fourth-order valence-corrected chi connectivity index (χ4v) is 2.68. The van der Waals surface area contributed by atoms with Gasteiger partial charge in [0.1, 0.15) is 5.82 Å². The average molecular weight is 478 g/mol. The lowest BCUT2D eigenvalue weighted by Crippen LogP contribution is -2.51. The van der Waals surface area contributed by atoms with Gasteiger partial charge in [0.25, 0.3) is 0 Å². The first-order valence-electron chi connectivity index (χ1n) is 8.70. The highest BCUT2D eigenvalue weighted by atomic mass is 127. The number of carbonyl (C=O) groups excluding carboxylic acids is 1. The highest BCUT2D eigenvalue weighted by Crippen LogP contribution is 2.16. The molecule has 1 fully saturated rings. The Morgan fingerprint density at radius 3 is 2.42 bits per heavy atom. The van der Waals surface area contributed by atoms with Crippen molar-refractivity contribution in [1.82, 2.24) is 4.90 Å². The summed E-state index contributed by atoms with van der Waals surface area (Å²) in [6.45, 7) is 7.33. The van der Waals surface area contributed by atoms with Gasteiger partial charge in [-0.3, -0.25) is 9.79 Å². The Kier molecular flexibility index (Phi) is 9.68. The molecule has 1 aromatic carbocycles. The number of aliphatic imine (C=N–C) groups is 1. The predicted molar refractivity (Wildman–Crippen MR) is 113 cm³/mol. The number of carbonyl (C=O) groups is 1. The molecule has 0 aromatic heterocycles. The van der Waals surface area contributed by atoms with Crippen LogP contribution in [0.25, 0.3) is 0 Å². The maximum absolute atomic E-state index is 13.0. The highest BCUT2D eigenvalue weighted by molar-refractivity contribution is 14.0. The third-order valence-electron chi connectivity index (χ3n) is 3.98. The Morgan fingerprint density at radius 1 is 1.23 bits per heavy atom. The second-order valence-electron chi connectivity index (χ2n) is 6.33. The fourth-order valence-electron chi connectivity index (χ4n) is 2.68. The Bertz CT molecular complexity index is 587. The molecule has 146 valence electrons. The summed E-state index contributed by atoms with van der Waals surface area (Å²) in [6, 6.07) is 6.53. The van der Waals surface area contributed by atoms with Gasteiger partial charge in [-0.1, -0.05) is 0 Å². The number of nitrogens with two attached hydrogens (primary N) is 1. The van der Waals surface area contributed by atoms with E-state index in [9.17, 15) is 9.18 Å². The first-order valence-corrected chi connectivity index (χ1v) is 8.70. The van der Waals surface area contributed by atoms with Crippen molar-refractivity contribution in [1.29, 1.82) is 0 Å². The molecular formula is C18H28FIN4O2. The Labute approximate surface area is 171 Å². The minimum atomic E-state index is -0.226. The predicted octanol–water partition coefficient (Wildman–Crippen LogP) is 2.61. The molecule has 1 heterocycles. The number of rotatable bonds is 6. The van der Waals surface area contributed by atoms with E-state index in [1.807, 2.05) is 18.7 Å². The van der Waals surface area contributed by atoms with Gasteiger partial charge >= 0.3 is 5.97 Å². The number of esters is 1. The van der Waals surface area contributed by atoms with Crippen molar-refractivity contribution in [3.8, 4) is 0 Å². The monoisotopic (exact) mass is 478 g/mol. The third-order valence-corrected chi connectivity index (χ3v) is 3.98. The maximum atomic E-state index is 13.0. The van der Waals surface area contributed by atoms with Gasteiger partial charge in [-0.05, 0) is 44.5 Å². The van der Waals surface area contributed by atoms with E-state index in [4.69, 9.17) is 10.5 Å². The normalized spacial score (nSPS) is 15.0. The molecule has 0 atom stereocenters. The zero-order valence-electron chi connectivity index (χ0n) is 15.4. The van der Waals surface area contributed by atoms with E-state index < -0.39 is 0 Å². The topological polar surface area (TPSA) is 71.2 Å². The van der Waals surface area contributed by atoms with Crippen molar-refractivity contribution in [3.05, 3.63) is 30.1 Å². The molecule has 26 heavy (non-hydrogen) atoms. The van der Waals surface area contributed by atoms with Gasteiger partial charge < -0.3 is 20.3 Å². The van der Waals surface area contributed by atoms with Gasteiger partial charge in [-0.25, -0.2) is 4.39 Å². The van der Waals surface area contributed by atoms with Gasteiger partial charge in [0, 0.05) is 44.8 Å². The van der Waals surface area contributed by atoms with Gasteiger partial charge in [-0.15, -0.1) is 24.0 Å². The summed E-state index contributed by atoms with van der Waals surface area (Å²) in [6.07, 6.45) is 0.897. The van der Waals surface area contributed by atoms with Crippen LogP contribution in [0.5, 0.6) is 0 Å². The number of ether oxygens (including phenoxy) is 1. The van der Waals surface area contributed by atoms with Crippen molar-refractivity contribution in [2.75, 3.05) is 37.6 Å². The number of hydrogen-bond donors (Lipinski definition) is 1. The number of anilines is 1. The second-order valence-corrected chi connectivity index (χ2v) is 6.33. The summed E-state index contributed by atoms with van der Waals surface area (Å²) in [5, 5.41) is 0. The molecule has 0 radical (unpaired) electrons. The van der Waals surface area contributed by atoms with Crippen LogP contribution in [-0.4, -0.2) is 55.7 Å². The number of guanidine groups is 1. The highest BCUT2D eigenvalue weighted by Gasteiger charge is 2.18. The van der Waals surface area contributed by atoms with Gasteiger partial charge in [-0.2, -0.15) is 0 Å². The van der Waals surface area contributed by atoms with Crippen LogP contribution >= 0.6 is 24.0 Å². The maximum Gasteiger partial charge on any atom is 0.306 e. The number of halogens is 2. The summed E-state index contributed by atoms with van der Waals surface area (Å²) in [5.74, 6) is 0.0868. The summed E-state index contributed by atoms with van der Waals surface area (Å²) < 4.78 is 18.1. The first-order chi connectivity index (χ1) is 12.0. The quantitative estimate of drug-likeness (QED) is 0.224. The molecule has 0 spiro atoms. The smallest absolute Gasteiger partial charge is 0.306 e. The largest absolute Gasteiger partial charge is 0.463 e. The number of hydrogen-bond acceptors (Lipinski definition) is 4. The second kappa shape index (κ2) is 11.2. The molecule has 0 saturated carbocycles. The summed E-state index contributed by atoms with van der Waals surface area (Å²) in [7, 11) is 0. The molecule has 2 N–H and O–H groups in total. The summed E-state index contributed by atoms with van der Waals surface area (Å²) in [5.41, 5.74) is 7.06. The average Bonchev–Trinajstić information content (AvgIpc) is 2.59. The molecule has 1 aliphatic heterocycles. The van der Waals surface area contributed by atoms with Crippen LogP contribution in [0.3, 0.4) is 0 Å². The molecule has 8 heteroatoms. The standard InChI is InChI=1S/C18H27FN4O2.HI/c1-14(2)25-17(24)4-3-9-21-18(20)23-12-10-22(11-13-23)16-7-5-15(19)6-8-16;/h5-8,14H,3-4,9-13H2,1-2H3,(H2,20,21);1H. The van der Waals surface area contributed by atoms with E-state index in [1.54, 1.807) is 12.1 Å². The molecule has 0 unspecified atom stereocenters. The van der Waals surface area contributed by atoms with Crippen molar-refractivity contribution in [2.24, 2.45) is 10.7 Å². The van der Waals surface area contributed by atoms with Crippen molar-refractivity contribution >= 4 is 41.6 Å². The number of benzene rings is 1. The Morgan fingerprint density at radius 2 is 1.85 bits per heavy atom. The van der Waals surface area contributed by atoms with Gasteiger partial charge in [0.15, 0.2) is 5.96 Å². The van der Waals surface area contributed by atoms with Crippen molar-refractivity contribution in [2.45, 2.75) is 32.8 Å². The van der Waals surface area contributed by atoms with E-state index in [0.29, 0.717) is 25.3 Å². The van der Waals surface area contributed by atoms with Crippen LogP contribution in [0.2, 0.25) is 0 Å². The van der Waals surface area contributed by atoms with Crippen LogP contribution in [0.4, 0.5) is 10.1 Å². The van der Waals surface area contributed by atoms with Crippen LogP contribution in [0, 0.1) is 5.82 Å². The van der Waals surface area contributed by atoms with E-state index in [1.165, 1.54) is 12.1 Å². The van der Waals surface area contributed by atoms with Crippen LogP contribution in [0.15, 0.2) is 29.3 Å². The first kappa shape index (κ1) is 22.5. The molecular weight excluding hydrogens is 450 g/mol. The lowest BCUT2D eigenvalue weighted by molar-refractivity contribution is -0.147. The molecule has 2 rings (SSSR count). The molecule has 1 aliphatic rings. The van der Waals surface area contributed by atoms with Crippen LogP contribution in [-0.2, 0) is 9.53 Å². The van der Waals surface area contributed by atoms with E-state index in [-0.39, 0.29) is 41.9 Å². The minimum absolute atomic E-state index is 0. The zero-order valence-corrected chi connectivity index (χ0v) is 17.7. The van der Waals surface area contributed by atoms with Crippen LogP contribution < -0.4 is 10.6 Å². The van der Waals surface area contributed by atoms with E-state index in [0.717, 1.165) is 31.9 Å². The molecule has 1 saturated heterocycles. The number of piperazine rings is 1. The summed E-state index contributed by atoms with van der Waals surface area (Å²) >= 11 is 0.